The van der Waals surface area contributed by atoms with Crippen LogP contribution in [-0.4, -0.2) is 31.1 Å². The molecular formula is C21H21ClN4O3S2. The third-order valence-electron chi connectivity index (χ3n) is 4.25. The average molecular weight is 477 g/mol. The number of benzene rings is 2. The third kappa shape index (κ3) is 5.30. The maximum Gasteiger partial charge on any atom is 0.264 e. The number of nitrogens with zero attached hydrogens (tertiary/aromatic N) is 3. The summed E-state index contributed by atoms with van der Waals surface area (Å²) < 4.78 is 27.8. The maximum atomic E-state index is 13.3. The first kappa shape index (κ1) is 22.9. The van der Waals surface area contributed by atoms with E-state index in [-0.39, 0.29) is 22.9 Å². The normalized spacial score (nSPS) is 11.4. The number of anilines is 2. The summed E-state index contributed by atoms with van der Waals surface area (Å²) in [6.07, 6.45) is 1.49. The topological polar surface area (TPSA) is 92.3 Å². The lowest BCUT2D eigenvalue weighted by Crippen LogP contribution is -2.31. The van der Waals surface area contributed by atoms with Crippen molar-refractivity contribution >= 4 is 49.7 Å². The van der Waals surface area contributed by atoms with Crippen LogP contribution in [0.15, 0.2) is 66.1 Å². The van der Waals surface area contributed by atoms with Crippen LogP contribution in [0.3, 0.4) is 0 Å². The lowest BCUT2D eigenvalue weighted by molar-refractivity contribution is 0.102. The van der Waals surface area contributed by atoms with Gasteiger partial charge in [0.05, 0.1) is 17.1 Å². The number of halogens is 1. The van der Waals surface area contributed by atoms with Gasteiger partial charge in [-0.05, 0) is 42.5 Å². The number of carbonyl (C=O) groups excluding carboxylic acids is 1. The molecule has 0 fully saturated rings. The van der Waals surface area contributed by atoms with E-state index in [0.29, 0.717) is 15.8 Å². The number of hydrogen-bond donors (Lipinski definition) is 1. The lowest BCUT2D eigenvalue weighted by atomic mass is 10.2. The zero-order valence-electron chi connectivity index (χ0n) is 16.9. The molecule has 1 N–H and O–H groups in total. The van der Waals surface area contributed by atoms with E-state index in [4.69, 9.17) is 11.6 Å². The first-order valence-electron chi connectivity index (χ1n) is 9.36. The van der Waals surface area contributed by atoms with E-state index < -0.39 is 15.9 Å². The van der Waals surface area contributed by atoms with Crippen molar-refractivity contribution in [2.75, 3.05) is 16.2 Å². The van der Waals surface area contributed by atoms with Gasteiger partial charge in [-0.25, -0.2) is 8.42 Å². The van der Waals surface area contributed by atoms with Gasteiger partial charge in [0.15, 0.2) is 0 Å². The fourth-order valence-electron chi connectivity index (χ4n) is 2.68. The molecule has 162 valence electrons. The summed E-state index contributed by atoms with van der Waals surface area (Å²) in [6, 6.07) is 12.3. The first-order valence-corrected chi connectivity index (χ1v) is 12.0. The Morgan fingerprint density at radius 1 is 1.23 bits per heavy atom. The molecule has 2 aromatic carbocycles. The van der Waals surface area contributed by atoms with Gasteiger partial charge in [0.1, 0.15) is 5.01 Å². The Kier molecular flexibility index (Phi) is 7.09. The van der Waals surface area contributed by atoms with Gasteiger partial charge >= 0.3 is 0 Å². The van der Waals surface area contributed by atoms with E-state index in [0.717, 1.165) is 5.01 Å². The van der Waals surface area contributed by atoms with E-state index in [1.54, 1.807) is 30.3 Å². The lowest BCUT2D eigenvalue weighted by Gasteiger charge is -2.23. The zero-order chi connectivity index (χ0) is 22.6. The van der Waals surface area contributed by atoms with Gasteiger partial charge in [-0.2, -0.15) is 0 Å². The molecule has 0 bridgehead atoms. The molecule has 0 atom stereocenters. The Hall–Kier alpha value is -2.75. The van der Waals surface area contributed by atoms with E-state index >= 15 is 0 Å². The Balaban J connectivity index is 1.89. The van der Waals surface area contributed by atoms with Gasteiger partial charge < -0.3 is 0 Å². The van der Waals surface area contributed by atoms with Gasteiger partial charge in [0.2, 0.25) is 5.13 Å². The van der Waals surface area contributed by atoms with Gasteiger partial charge in [-0.1, -0.05) is 48.9 Å². The van der Waals surface area contributed by atoms with Crippen molar-refractivity contribution in [2.24, 2.45) is 0 Å². The van der Waals surface area contributed by atoms with Crippen molar-refractivity contribution in [3.05, 3.63) is 76.8 Å². The monoisotopic (exact) mass is 476 g/mol. The van der Waals surface area contributed by atoms with E-state index in [1.807, 2.05) is 13.8 Å². The molecule has 1 aromatic heterocycles. The van der Waals surface area contributed by atoms with Crippen LogP contribution in [0.1, 0.15) is 35.1 Å². The fourth-order valence-corrected chi connectivity index (χ4v) is 5.03. The Morgan fingerprint density at radius 2 is 1.94 bits per heavy atom. The van der Waals surface area contributed by atoms with Gasteiger partial charge in [0.25, 0.3) is 15.9 Å². The van der Waals surface area contributed by atoms with Crippen LogP contribution >= 0.6 is 22.9 Å². The number of amides is 1. The molecule has 0 aliphatic carbocycles. The van der Waals surface area contributed by atoms with E-state index in [9.17, 15) is 13.2 Å². The summed E-state index contributed by atoms with van der Waals surface area (Å²) in [4.78, 5) is 12.6. The molecule has 0 aliphatic heterocycles. The molecule has 10 heteroatoms. The fraction of sp³-hybridized carbons (Fsp3) is 0.190. The van der Waals surface area contributed by atoms with Crippen molar-refractivity contribution in [2.45, 2.75) is 24.7 Å². The molecule has 0 spiro atoms. The number of carbonyl (C=O) groups is 1. The molecule has 0 aliphatic rings. The van der Waals surface area contributed by atoms with Crippen LogP contribution in [0.5, 0.6) is 0 Å². The van der Waals surface area contributed by atoms with Crippen molar-refractivity contribution < 1.29 is 13.2 Å². The number of aromatic nitrogens is 2. The summed E-state index contributed by atoms with van der Waals surface area (Å²) in [5.41, 5.74) is 0.631. The number of rotatable bonds is 8. The summed E-state index contributed by atoms with van der Waals surface area (Å²) in [7, 11) is -3.95. The largest absolute Gasteiger partial charge is 0.296 e. The minimum Gasteiger partial charge on any atom is -0.296 e. The number of hydrogen-bond acceptors (Lipinski definition) is 6. The molecule has 31 heavy (non-hydrogen) atoms. The van der Waals surface area contributed by atoms with Crippen molar-refractivity contribution in [3.8, 4) is 0 Å². The number of sulfonamides is 1. The molecule has 0 saturated heterocycles. The molecular weight excluding hydrogens is 456 g/mol. The summed E-state index contributed by atoms with van der Waals surface area (Å²) in [5, 5.41) is 12.3. The summed E-state index contributed by atoms with van der Waals surface area (Å²) in [6.45, 7) is 7.67. The van der Waals surface area contributed by atoms with E-state index in [1.165, 1.54) is 39.9 Å². The minimum absolute atomic E-state index is 0.0166. The van der Waals surface area contributed by atoms with Gasteiger partial charge in [-0.3, -0.25) is 14.4 Å². The van der Waals surface area contributed by atoms with Crippen molar-refractivity contribution in [1.82, 2.24) is 10.2 Å². The predicted octanol–water partition coefficient (Wildman–Crippen LogP) is 4.95. The second-order valence-electron chi connectivity index (χ2n) is 6.88. The van der Waals surface area contributed by atoms with Crippen LogP contribution in [0.4, 0.5) is 10.8 Å². The summed E-state index contributed by atoms with van der Waals surface area (Å²) in [5.74, 6) is -0.273. The Labute approximate surface area is 190 Å². The smallest absolute Gasteiger partial charge is 0.264 e. The zero-order valence-corrected chi connectivity index (χ0v) is 19.3. The summed E-state index contributed by atoms with van der Waals surface area (Å²) >= 11 is 7.21. The highest BCUT2D eigenvalue weighted by Gasteiger charge is 2.25. The molecule has 0 saturated carbocycles. The number of nitrogens with one attached hydrogen (secondary N) is 1. The average Bonchev–Trinajstić information content (AvgIpc) is 3.21. The third-order valence-corrected chi connectivity index (χ3v) is 7.43. The minimum atomic E-state index is -3.95. The molecule has 1 heterocycles. The van der Waals surface area contributed by atoms with Crippen LogP contribution < -0.4 is 9.62 Å². The predicted molar refractivity (Wildman–Crippen MR) is 125 cm³/mol. The molecule has 7 nitrogen and oxygen atoms in total. The highest BCUT2D eigenvalue weighted by atomic mass is 35.5. The quantitative estimate of drug-likeness (QED) is 0.464. The molecule has 3 rings (SSSR count). The van der Waals surface area contributed by atoms with E-state index in [2.05, 4.69) is 22.1 Å². The molecule has 3 aromatic rings. The van der Waals surface area contributed by atoms with Crippen LogP contribution in [0.25, 0.3) is 0 Å². The standard InChI is InChI=1S/C21H21ClN4O3S2/c1-4-12-26(17-10-8-16(22)9-11-17)31(28,29)18-7-5-6-15(13-18)19(27)23-21-25-24-20(30-21)14(2)3/h4-11,13-14H,1,12H2,2-3H3,(H,23,25,27). The molecule has 0 unspecified atom stereocenters. The highest BCUT2D eigenvalue weighted by molar-refractivity contribution is 7.92. The second-order valence-corrected chi connectivity index (χ2v) is 10.2. The first-order chi connectivity index (χ1) is 14.7. The van der Waals surface area contributed by atoms with Gasteiger partial charge in [-0.15, -0.1) is 16.8 Å². The van der Waals surface area contributed by atoms with Crippen molar-refractivity contribution in [1.29, 1.82) is 0 Å². The van der Waals surface area contributed by atoms with Crippen LogP contribution in [0.2, 0.25) is 5.02 Å². The second kappa shape index (κ2) is 9.59. The maximum absolute atomic E-state index is 13.3. The Morgan fingerprint density at radius 3 is 2.55 bits per heavy atom. The highest BCUT2D eigenvalue weighted by Crippen LogP contribution is 2.26. The molecule has 1 amide bonds. The van der Waals surface area contributed by atoms with Gasteiger partial charge in [0, 0.05) is 16.5 Å². The van der Waals surface area contributed by atoms with Crippen molar-refractivity contribution in [3.63, 3.8) is 0 Å². The van der Waals surface area contributed by atoms with Crippen LogP contribution in [0, 0.1) is 0 Å². The Bertz CT molecular complexity index is 1190. The SMILES string of the molecule is C=CCN(c1ccc(Cl)cc1)S(=O)(=O)c1cccc(C(=O)Nc2nnc(C(C)C)s2)c1. The molecule has 0 radical (unpaired) electrons. The van der Waals surface area contributed by atoms with Crippen LogP contribution in [-0.2, 0) is 10.0 Å².